The van der Waals surface area contributed by atoms with Crippen LogP contribution in [0.15, 0.2) is 12.2 Å². The molecule has 0 radical (unpaired) electrons. The SMILES string of the molecule is C=C(C)C1(OC(=O)N2CCCCC2)CCCCC1. The van der Waals surface area contributed by atoms with E-state index < -0.39 is 0 Å². The molecule has 2 aliphatic rings. The second-order valence-corrected chi connectivity index (χ2v) is 5.75. The Morgan fingerprint density at radius 2 is 1.61 bits per heavy atom. The van der Waals surface area contributed by atoms with Crippen molar-refractivity contribution in [3.63, 3.8) is 0 Å². The first-order chi connectivity index (χ1) is 8.64. The van der Waals surface area contributed by atoms with Crippen LogP contribution in [0.4, 0.5) is 4.79 Å². The molecule has 1 aliphatic carbocycles. The minimum Gasteiger partial charge on any atom is -0.438 e. The number of carbonyl (C=O) groups is 1. The largest absolute Gasteiger partial charge is 0.438 e. The Hall–Kier alpha value is -0.990. The van der Waals surface area contributed by atoms with Crippen LogP contribution >= 0.6 is 0 Å². The molecule has 0 aromatic heterocycles. The van der Waals surface area contributed by atoms with Crippen LogP contribution in [0.1, 0.15) is 58.3 Å². The molecule has 1 saturated carbocycles. The molecule has 3 nitrogen and oxygen atoms in total. The number of piperidine rings is 1. The number of carbonyl (C=O) groups excluding carboxylic acids is 1. The van der Waals surface area contributed by atoms with Gasteiger partial charge in [-0.3, -0.25) is 0 Å². The minimum atomic E-state index is -0.382. The Kier molecular flexibility index (Phi) is 4.31. The highest BCUT2D eigenvalue weighted by atomic mass is 16.6. The summed E-state index contributed by atoms with van der Waals surface area (Å²) in [5, 5.41) is 0. The lowest BCUT2D eigenvalue weighted by atomic mass is 9.80. The second-order valence-electron chi connectivity index (χ2n) is 5.75. The summed E-state index contributed by atoms with van der Waals surface area (Å²) >= 11 is 0. The van der Waals surface area contributed by atoms with E-state index in [-0.39, 0.29) is 11.7 Å². The van der Waals surface area contributed by atoms with Gasteiger partial charge in [-0.2, -0.15) is 0 Å². The van der Waals surface area contributed by atoms with Gasteiger partial charge in [0.25, 0.3) is 0 Å². The zero-order chi connectivity index (χ0) is 13.0. The molecule has 1 heterocycles. The van der Waals surface area contributed by atoms with Crippen molar-refractivity contribution in [3.05, 3.63) is 12.2 Å². The van der Waals surface area contributed by atoms with Crippen LogP contribution in [0.3, 0.4) is 0 Å². The van der Waals surface area contributed by atoms with Gasteiger partial charge in [-0.05, 0) is 57.4 Å². The van der Waals surface area contributed by atoms with E-state index in [1.54, 1.807) is 0 Å². The molecule has 2 rings (SSSR count). The lowest BCUT2D eigenvalue weighted by molar-refractivity contribution is -0.0108. The molecule has 0 N–H and O–H groups in total. The lowest BCUT2D eigenvalue weighted by Crippen LogP contribution is -2.44. The Morgan fingerprint density at radius 1 is 1.06 bits per heavy atom. The predicted octanol–water partition coefficient (Wildman–Crippen LogP) is 3.89. The van der Waals surface area contributed by atoms with Crippen LogP contribution in [0.5, 0.6) is 0 Å². The summed E-state index contributed by atoms with van der Waals surface area (Å²) < 4.78 is 5.87. The number of likely N-dealkylation sites (tertiary alicyclic amines) is 1. The first kappa shape index (κ1) is 13.4. The van der Waals surface area contributed by atoms with E-state index in [1.807, 2.05) is 11.8 Å². The van der Waals surface area contributed by atoms with E-state index in [4.69, 9.17) is 4.74 Å². The molecule has 0 aromatic rings. The Labute approximate surface area is 110 Å². The van der Waals surface area contributed by atoms with Crippen molar-refractivity contribution >= 4 is 6.09 Å². The highest BCUT2D eigenvalue weighted by Gasteiger charge is 2.38. The van der Waals surface area contributed by atoms with Gasteiger partial charge in [-0.15, -0.1) is 0 Å². The monoisotopic (exact) mass is 251 g/mol. The molecule has 18 heavy (non-hydrogen) atoms. The van der Waals surface area contributed by atoms with Crippen molar-refractivity contribution in [2.45, 2.75) is 63.9 Å². The second kappa shape index (κ2) is 5.77. The van der Waals surface area contributed by atoms with Gasteiger partial charge < -0.3 is 9.64 Å². The van der Waals surface area contributed by atoms with Crippen molar-refractivity contribution in [3.8, 4) is 0 Å². The maximum atomic E-state index is 12.2. The fourth-order valence-electron chi connectivity index (χ4n) is 3.05. The van der Waals surface area contributed by atoms with Crippen LogP contribution in [-0.4, -0.2) is 29.7 Å². The van der Waals surface area contributed by atoms with Gasteiger partial charge in [-0.25, -0.2) is 4.79 Å². The first-order valence-corrected chi connectivity index (χ1v) is 7.28. The smallest absolute Gasteiger partial charge is 0.410 e. The van der Waals surface area contributed by atoms with Gasteiger partial charge in [0.2, 0.25) is 0 Å². The van der Waals surface area contributed by atoms with E-state index in [0.29, 0.717) is 0 Å². The zero-order valence-electron chi connectivity index (χ0n) is 11.5. The van der Waals surface area contributed by atoms with Gasteiger partial charge in [0.1, 0.15) is 5.60 Å². The summed E-state index contributed by atoms with van der Waals surface area (Å²) in [6.45, 7) is 7.75. The van der Waals surface area contributed by atoms with Gasteiger partial charge in [0.05, 0.1) is 0 Å². The molecular weight excluding hydrogens is 226 g/mol. The summed E-state index contributed by atoms with van der Waals surface area (Å²) in [6, 6.07) is 0. The third-order valence-electron chi connectivity index (χ3n) is 4.34. The number of hydrogen-bond acceptors (Lipinski definition) is 2. The number of amides is 1. The molecule has 1 aliphatic heterocycles. The summed E-state index contributed by atoms with van der Waals surface area (Å²) in [5.74, 6) is 0. The molecule has 0 bridgehead atoms. The Bertz CT molecular complexity index is 312. The van der Waals surface area contributed by atoms with Gasteiger partial charge in [-0.1, -0.05) is 13.0 Å². The van der Waals surface area contributed by atoms with E-state index in [2.05, 4.69) is 6.58 Å². The molecule has 0 unspecified atom stereocenters. The van der Waals surface area contributed by atoms with Crippen LogP contribution in [-0.2, 0) is 4.74 Å². The summed E-state index contributed by atoms with van der Waals surface area (Å²) in [4.78, 5) is 14.1. The van der Waals surface area contributed by atoms with E-state index in [1.165, 1.54) is 12.8 Å². The van der Waals surface area contributed by atoms with E-state index >= 15 is 0 Å². The lowest BCUT2D eigenvalue weighted by Gasteiger charge is -2.39. The molecule has 1 saturated heterocycles. The predicted molar refractivity (Wildman–Crippen MR) is 72.5 cm³/mol. The van der Waals surface area contributed by atoms with E-state index in [9.17, 15) is 4.79 Å². The molecule has 102 valence electrons. The number of hydrogen-bond donors (Lipinski definition) is 0. The van der Waals surface area contributed by atoms with Gasteiger partial charge in [0.15, 0.2) is 0 Å². The molecular formula is C15H25NO2. The van der Waals surface area contributed by atoms with E-state index in [0.717, 1.165) is 57.2 Å². The molecule has 2 fully saturated rings. The van der Waals surface area contributed by atoms with Crippen LogP contribution in [0.25, 0.3) is 0 Å². The van der Waals surface area contributed by atoms with Crippen LogP contribution in [0, 0.1) is 0 Å². The number of rotatable bonds is 2. The average Bonchev–Trinajstić information content (AvgIpc) is 2.40. The fraction of sp³-hybridized carbons (Fsp3) is 0.800. The highest BCUT2D eigenvalue weighted by molar-refractivity contribution is 5.68. The van der Waals surface area contributed by atoms with Crippen molar-refractivity contribution in [1.29, 1.82) is 0 Å². The quantitative estimate of drug-likeness (QED) is 0.697. The van der Waals surface area contributed by atoms with Gasteiger partial charge >= 0.3 is 6.09 Å². The fourth-order valence-corrected chi connectivity index (χ4v) is 3.05. The van der Waals surface area contributed by atoms with Crippen molar-refractivity contribution in [2.24, 2.45) is 0 Å². The summed E-state index contributed by atoms with van der Waals surface area (Å²) in [5.41, 5.74) is 0.625. The highest BCUT2D eigenvalue weighted by Crippen LogP contribution is 2.37. The van der Waals surface area contributed by atoms with Crippen molar-refractivity contribution < 1.29 is 9.53 Å². The number of ether oxygens (including phenoxy) is 1. The maximum Gasteiger partial charge on any atom is 0.410 e. The number of nitrogens with zero attached hydrogens (tertiary/aromatic N) is 1. The Morgan fingerprint density at radius 3 is 2.17 bits per heavy atom. The van der Waals surface area contributed by atoms with Gasteiger partial charge in [0, 0.05) is 13.1 Å². The van der Waals surface area contributed by atoms with Crippen LogP contribution in [0.2, 0.25) is 0 Å². The topological polar surface area (TPSA) is 29.5 Å². The summed E-state index contributed by atoms with van der Waals surface area (Å²) in [6.07, 6.45) is 8.74. The minimum absolute atomic E-state index is 0.125. The molecule has 0 atom stereocenters. The average molecular weight is 251 g/mol. The zero-order valence-corrected chi connectivity index (χ0v) is 11.5. The third-order valence-corrected chi connectivity index (χ3v) is 4.34. The normalized spacial score (nSPS) is 23.5. The van der Waals surface area contributed by atoms with Crippen LogP contribution < -0.4 is 0 Å². The standard InChI is InChI=1S/C15H25NO2/c1-13(2)15(9-5-3-6-10-15)18-14(17)16-11-7-4-8-12-16/h1,3-12H2,2H3. The third kappa shape index (κ3) is 2.88. The molecule has 1 amide bonds. The molecule has 0 aromatic carbocycles. The Balaban J connectivity index is 1.99. The summed E-state index contributed by atoms with van der Waals surface area (Å²) in [7, 11) is 0. The molecule has 3 heteroatoms. The first-order valence-electron chi connectivity index (χ1n) is 7.28. The van der Waals surface area contributed by atoms with Crippen molar-refractivity contribution in [1.82, 2.24) is 4.90 Å². The van der Waals surface area contributed by atoms with Crippen molar-refractivity contribution in [2.75, 3.05) is 13.1 Å². The maximum absolute atomic E-state index is 12.2. The molecule has 0 spiro atoms.